The van der Waals surface area contributed by atoms with Gasteiger partial charge in [0.1, 0.15) is 5.82 Å². The predicted octanol–water partition coefficient (Wildman–Crippen LogP) is 1.24. The lowest BCUT2D eigenvalue weighted by atomic mass is 10.2. The van der Waals surface area contributed by atoms with E-state index >= 15 is 0 Å². The third-order valence-corrected chi connectivity index (χ3v) is 2.60. The summed E-state index contributed by atoms with van der Waals surface area (Å²) in [7, 11) is 1.56. The molecule has 1 unspecified atom stereocenters. The van der Waals surface area contributed by atoms with Gasteiger partial charge in [-0.15, -0.1) is 0 Å². The first-order valence-electron chi connectivity index (χ1n) is 4.95. The molecule has 1 aromatic rings. The number of nitrogens with one attached hydrogen (secondary N) is 1. The fourth-order valence-electron chi connectivity index (χ4n) is 1.22. The van der Waals surface area contributed by atoms with Crippen molar-refractivity contribution < 1.29 is 9.84 Å². The topological polar surface area (TPSA) is 80.4 Å². The second-order valence-electron chi connectivity index (χ2n) is 3.42. The van der Waals surface area contributed by atoms with Gasteiger partial charge in [-0.3, -0.25) is 0 Å². The average Bonchev–Trinajstić information content (AvgIpc) is 2.22. The third-order valence-electron chi connectivity index (χ3n) is 1.99. The molecule has 0 amide bonds. The van der Waals surface area contributed by atoms with Gasteiger partial charge in [0, 0.05) is 13.7 Å². The summed E-state index contributed by atoms with van der Waals surface area (Å²) < 4.78 is 5.64. The van der Waals surface area contributed by atoms with Crippen molar-refractivity contribution in [3.63, 3.8) is 0 Å². The van der Waals surface area contributed by atoms with E-state index in [4.69, 9.17) is 10.5 Å². The standard InChI is InChI=1S/C10H16BrN3O2/c1-16-6-8(15)2-3-13-10-9(11)4-7(12)5-14-10/h4-5,8,15H,2-3,6,12H2,1H3,(H,13,14). The van der Waals surface area contributed by atoms with Crippen LogP contribution in [0.1, 0.15) is 6.42 Å². The normalized spacial score (nSPS) is 12.4. The summed E-state index contributed by atoms with van der Waals surface area (Å²) in [4.78, 5) is 4.12. The largest absolute Gasteiger partial charge is 0.397 e. The number of nitrogen functional groups attached to an aromatic ring is 1. The van der Waals surface area contributed by atoms with Crippen LogP contribution in [-0.4, -0.2) is 36.5 Å². The van der Waals surface area contributed by atoms with Crippen LogP contribution in [0.4, 0.5) is 11.5 Å². The molecule has 0 radical (unpaired) electrons. The Labute approximate surface area is 103 Å². The number of nitrogens with zero attached hydrogens (tertiary/aromatic N) is 1. The highest BCUT2D eigenvalue weighted by molar-refractivity contribution is 9.10. The molecule has 0 fully saturated rings. The minimum Gasteiger partial charge on any atom is -0.397 e. The summed E-state index contributed by atoms with van der Waals surface area (Å²) in [6, 6.07) is 1.78. The van der Waals surface area contributed by atoms with Gasteiger partial charge in [-0.1, -0.05) is 0 Å². The van der Waals surface area contributed by atoms with Gasteiger partial charge in [-0.2, -0.15) is 0 Å². The summed E-state index contributed by atoms with van der Waals surface area (Å²) >= 11 is 3.35. The molecule has 0 saturated carbocycles. The highest BCUT2D eigenvalue weighted by atomic mass is 79.9. The molecule has 0 saturated heterocycles. The lowest BCUT2D eigenvalue weighted by molar-refractivity contribution is 0.0615. The van der Waals surface area contributed by atoms with Crippen LogP contribution in [0.15, 0.2) is 16.7 Å². The quantitative estimate of drug-likeness (QED) is 0.734. The zero-order valence-electron chi connectivity index (χ0n) is 9.11. The van der Waals surface area contributed by atoms with E-state index in [0.29, 0.717) is 25.3 Å². The number of aromatic nitrogens is 1. The van der Waals surface area contributed by atoms with Crippen molar-refractivity contribution in [2.45, 2.75) is 12.5 Å². The van der Waals surface area contributed by atoms with Gasteiger partial charge in [0.2, 0.25) is 0 Å². The maximum Gasteiger partial charge on any atom is 0.140 e. The molecule has 0 bridgehead atoms. The molecule has 1 atom stereocenters. The number of hydrogen-bond acceptors (Lipinski definition) is 5. The number of hydrogen-bond donors (Lipinski definition) is 3. The van der Waals surface area contributed by atoms with E-state index in [1.165, 1.54) is 0 Å². The number of pyridine rings is 1. The van der Waals surface area contributed by atoms with Crippen molar-refractivity contribution in [3.05, 3.63) is 16.7 Å². The number of nitrogens with two attached hydrogens (primary N) is 1. The van der Waals surface area contributed by atoms with Crippen LogP contribution in [0.3, 0.4) is 0 Å². The van der Waals surface area contributed by atoms with Gasteiger partial charge in [0.05, 0.1) is 29.1 Å². The smallest absolute Gasteiger partial charge is 0.140 e. The van der Waals surface area contributed by atoms with Gasteiger partial charge in [-0.05, 0) is 28.4 Å². The molecule has 1 aromatic heterocycles. The number of methoxy groups -OCH3 is 1. The Balaban J connectivity index is 2.37. The van der Waals surface area contributed by atoms with Crippen molar-refractivity contribution in [2.24, 2.45) is 0 Å². The van der Waals surface area contributed by atoms with Gasteiger partial charge in [-0.25, -0.2) is 4.98 Å². The first-order valence-corrected chi connectivity index (χ1v) is 5.74. The Kier molecular flexibility index (Phi) is 5.51. The van der Waals surface area contributed by atoms with Crippen LogP contribution in [-0.2, 0) is 4.74 Å². The van der Waals surface area contributed by atoms with Crippen molar-refractivity contribution in [3.8, 4) is 0 Å². The number of halogens is 1. The van der Waals surface area contributed by atoms with Crippen LogP contribution >= 0.6 is 15.9 Å². The van der Waals surface area contributed by atoms with Gasteiger partial charge >= 0.3 is 0 Å². The molecule has 5 nitrogen and oxygen atoms in total. The second-order valence-corrected chi connectivity index (χ2v) is 4.28. The van der Waals surface area contributed by atoms with E-state index in [2.05, 4.69) is 26.2 Å². The maximum atomic E-state index is 9.42. The summed E-state index contributed by atoms with van der Waals surface area (Å²) in [6.07, 6.45) is 1.73. The number of aliphatic hydroxyl groups is 1. The molecule has 0 spiro atoms. The van der Waals surface area contributed by atoms with E-state index in [9.17, 15) is 5.11 Å². The molecule has 1 heterocycles. The number of ether oxygens (including phenoxy) is 1. The minimum absolute atomic E-state index is 0.345. The lowest BCUT2D eigenvalue weighted by Gasteiger charge is -2.11. The molecule has 0 aromatic carbocycles. The summed E-state index contributed by atoms with van der Waals surface area (Å²) in [5.41, 5.74) is 6.18. The Hall–Kier alpha value is -0.850. The second kappa shape index (κ2) is 6.67. The first kappa shape index (κ1) is 13.2. The van der Waals surface area contributed by atoms with Crippen LogP contribution in [0, 0.1) is 0 Å². The molecular formula is C10H16BrN3O2. The van der Waals surface area contributed by atoms with E-state index < -0.39 is 6.10 Å². The SMILES string of the molecule is COCC(O)CCNc1ncc(N)cc1Br. The fraction of sp³-hybridized carbons (Fsp3) is 0.500. The first-order chi connectivity index (χ1) is 7.63. The zero-order valence-corrected chi connectivity index (χ0v) is 10.7. The maximum absolute atomic E-state index is 9.42. The number of anilines is 2. The highest BCUT2D eigenvalue weighted by Gasteiger charge is 2.05. The zero-order chi connectivity index (χ0) is 12.0. The van der Waals surface area contributed by atoms with Crippen molar-refractivity contribution >= 4 is 27.4 Å². The van der Waals surface area contributed by atoms with Gasteiger partial charge < -0.3 is 20.9 Å². The average molecular weight is 290 g/mol. The van der Waals surface area contributed by atoms with E-state index in [1.54, 1.807) is 19.4 Å². The summed E-state index contributed by atoms with van der Waals surface area (Å²) in [6.45, 7) is 0.970. The Morgan fingerprint density at radius 2 is 2.44 bits per heavy atom. The predicted molar refractivity (Wildman–Crippen MR) is 67.3 cm³/mol. The summed E-state index contributed by atoms with van der Waals surface area (Å²) in [5, 5.41) is 12.5. The Morgan fingerprint density at radius 1 is 1.69 bits per heavy atom. The fourth-order valence-corrected chi connectivity index (χ4v) is 1.72. The molecule has 0 aliphatic carbocycles. The van der Waals surface area contributed by atoms with Crippen molar-refractivity contribution in [1.82, 2.24) is 4.98 Å². The number of aliphatic hydroxyl groups excluding tert-OH is 1. The molecule has 90 valence electrons. The molecule has 0 aliphatic rings. The Bertz CT molecular complexity index is 336. The molecule has 0 aliphatic heterocycles. The molecule has 6 heteroatoms. The monoisotopic (exact) mass is 289 g/mol. The minimum atomic E-state index is -0.454. The van der Waals surface area contributed by atoms with Crippen LogP contribution in [0.25, 0.3) is 0 Å². The molecular weight excluding hydrogens is 274 g/mol. The lowest BCUT2D eigenvalue weighted by Crippen LogP contribution is -2.18. The molecule has 16 heavy (non-hydrogen) atoms. The van der Waals surface area contributed by atoms with Crippen LogP contribution < -0.4 is 11.1 Å². The van der Waals surface area contributed by atoms with E-state index in [1.807, 2.05) is 0 Å². The van der Waals surface area contributed by atoms with Crippen LogP contribution in [0.5, 0.6) is 0 Å². The van der Waals surface area contributed by atoms with Gasteiger partial charge in [0.15, 0.2) is 0 Å². The highest BCUT2D eigenvalue weighted by Crippen LogP contribution is 2.21. The third kappa shape index (κ3) is 4.34. The van der Waals surface area contributed by atoms with E-state index in [0.717, 1.165) is 10.3 Å². The molecule has 1 rings (SSSR count). The molecule has 4 N–H and O–H groups in total. The Morgan fingerprint density at radius 3 is 3.06 bits per heavy atom. The van der Waals surface area contributed by atoms with Gasteiger partial charge in [0.25, 0.3) is 0 Å². The van der Waals surface area contributed by atoms with Crippen LogP contribution in [0.2, 0.25) is 0 Å². The van der Waals surface area contributed by atoms with Crippen molar-refractivity contribution in [2.75, 3.05) is 31.3 Å². The van der Waals surface area contributed by atoms with E-state index in [-0.39, 0.29) is 0 Å². The van der Waals surface area contributed by atoms with Crippen molar-refractivity contribution in [1.29, 1.82) is 0 Å². The summed E-state index contributed by atoms with van der Waals surface area (Å²) in [5.74, 6) is 0.721. The number of rotatable bonds is 6.